The van der Waals surface area contributed by atoms with Crippen LogP contribution in [0.3, 0.4) is 0 Å². The molecule has 0 fully saturated rings. The Labute approximate surface area is 189 Å². The molecule has 1 heterocycles. The highest BCUT2D eigenvalue weighted by Crippen LogP contribution is 2.41. The van der Waals surface area contributed by atoms with E-state index < -0.39 is 11.9 Å². The predicted molar refractivity (Wildman–Crippen MR) is 125 cm³/mol. The van der Waals surface area contributed by atoms with E-state index in [1.807, 2.05) is 60.7 Å². The monoisotopic (exact) mass is 457 g/mol. The van der Waals surface area contributed by atoms with Gasteiger partial charge in [0.2, 0.25) is 0 Å². The van der Waals surface area contributed by atoms with Crippen LogP contribution in [-0.2, 0) is 16.2 Å². The van der Waals surface area contributed by atoms with Crippen molar-refractivity contribution in [2.75, 3.05) is 11.5 Å². The van der Waals surface area contributed by atoms with E-state index in [0.717, 1.165) is 22.2 Å². The summed E-state index contributed by atoms with van der Waals surface area (Å²) >= 11 is 3.00. The molecule has 0 aliphatic carbocycles. The Bertz CT molecular complexity index is 1020. The molecule has 162 valence electrons. The van der Waals surface area contributed by atoms with Gasteiger partial charge in [-0.3, -0.25) is 9.59 Å². The third kappa shape index (κ3) is 7.48. The molecule has 6 nitrogen and oxygen atoms in total. The number of aliphatic carboxylic acids is 2. The number of nitrogens with zero attached hydrogens (tertiary/aromatic N) is 1. The highest BCUT2D eigenvalue weighted by molar-refractivity contribution is 8.16. The topological polar surface area (TPSA) is 96.7 Å². The minimum atomic E-state index is -0.846. The summed E-state index contributed by atoms with van der Waals surface area (Å²) in [6.07, 6.45) is 0.120. The third-order valence-electron chi connectivity index (χ3n) is 4.34. The Morgan fingerprint density at radius 3 is 2.32 bits per heavy atom. The van der Waals surface area contributed by atoms with E-state index in [4.69, 9.17) is 14.9 Å². The van der Waals surface area contributed by atoms with Gasteiger partial charge < -0.3 is 14.9 Å². The third-order valence-corrected chi connectivity index (χ3v) is 7.19. The second kappa shape index (κ2) is 11.6. The lowest BCUT2D eigenvalue weighted by Crippen LogP contribution is -2.02. The molecule has 1 aromatic heterocycles. The molecule has 0 radical (unpaired) electrons. The first kappa shape index (κ1) is 23.0. The fraction of sp³-hybridized carbons (Fsp3) is 0.261. The van der Waals surface area contributed by atoms with Crippen LogP contribution in [0.2, 0.25) is 0 Å². The van der Waals surface area contributed by atoms with Crippen molar-refractivity contribution in [3.63, 3.8) is 0 Å². The number of benzene rings is 2. The molecule has 0 bridgehead atoms. The smallest absolute Gasteiger partial charge is 0.304 e. The number of rotatable bonds is 12. The lowest BCUT2D eigenvalue weighted by molar-refractivity contribution is -0.137. The van der Waals surface area contributed by atoms with Gasteiger partial charge in [0, 0.05) is 16.9 Å². The second-order valence-electron chi connectivity index (χ2n) is 6.72. The highest BCUT2D eigenvalue weighted by Gasteiger charge is 2.15. The van der Waals surface area contributed by atoms with Crippen LogP contribution >= 0.6 is 23.5 Å². The molecular weight excluding hydrogens is 434 g/mol. The summed E-state index contributed by atoms with van der Waals surface area (Å²) < 4.78 is 5.88. The summed E-state index contributed by atoms with van der Waals surface area (Å²) in [5.41, 5.74) is 2.71. The van der Waals surface area contributed by atoms with Gasteiger partial charge >= 0.3 is 11.9 Å². The zero-order valence-electron chi connectivity index (χ0n) is 16.8. The summed E-state index contributed by atoms with van der Waals surface area (Å²) in [5.74, 6) is -0.100. The largest absolute Gasteiger partial charge is 0.487 e. The van der Waals surface area contributed by atoms with Crippen LogP contribution in [0.4, 0.5) is 0 Å². The van der Waals surface area contributed by atoms with Crippen molar-refractivity contribution in [2.45, 2.75) is 24.0 Å². The zero-order valence-corrected chi connectivity index (χ0v) is 18.4. The van der Waals surface area contributed by atoms with Crippen LogP contribution in [0, 0.1) is 0 Å². The van der Waals surface area contributed by atoms with E-state index >= 15 is 0 Å². The predicted octanol–water partition coefficient (Wildman–Crippen LogP) is 5.23. The Morgan fingerprint density at radius 2 is 1.61 bits per heavy atom. The average molecular weight is 458 g/mol. The minimum Gasteiger partial charge on any atom is -0.487 e. The lowest BCUT2D eigenvalue weighted by Gasteiger charge is -2.17. The van der Waals surface area contributed by atoms with Gasteiger partial charge in [-0.15, -0.1) is 23.5 Å². The van der Waals surface area contributed by atoms with Crippen molar-refractivity contribution >= 4 is 46.4 Å². The normalized spacial score (nSPS) is 11.0. The van der Waals surface area contributed by atoms with Crippen molar-refractivity contribution in [1.29, 1.82) is 0 Å². The van der Waals surface area contributed by atoms with Crippen molar-refractivity contribution in [3.8, 4) is 5.75 Å². The first-order valence-electron chi connectivity index (χ1n) is 9.75. The molecule has 0 atom stereocenters. The zero-order chi connectivity index (χ0) is 22.1. The minimum absolute atomic E-state index is 0.0600. The van der Waals surface area contributed by atoms with Crippen molar-refractivity contribution in [2.24, 2.45) is 0 Å². The molecule has 3 aromatic rings. The highest BCUT2D eigenvalue weighted by atomic mass is 32.2. The summed E-state index contributed by atoms with van der Waals surface area (Å²) in [4.78, 5) is 26.3. The van der Waals surface area contributed by atoms with Gasteiger partial charge in [0.25, 0.3) is 0 Å². The molecule has 0 saturated carbocycles. The van der Waals surface area contributed by atoms with Crippen LogP contribution in [0.25, 0.3) is 10.9 Å². The maximum absolute atomic E-state index is 10.9. The number of fused-ring (bicyclic) bond motifs is 1. The molecule has 0 aliphatic heterocycles. The first-order chi connectivity index (χ1) is 15.0. The lowest BCUT2D eigenvalue weighted by atomic mass is 10.2. The van der Waals surface area contributed by atoms with E-state index in [0.29, 0.717) is 23.9 Å². The van der Waals surface area contributed by atoms with Crippen molar-refractivity contribution in [1.82, 2.24) is 4.98 Å². The van der Waals surface area contributed by atoms with Gasteiger partial charge in [-0.25, -0.2) is 4.98 Å². The van der Waals surface area contributed by atoms with Gasteiger partial charge in [0.15, 0.2) is 0 Å². The van der Waals surface area contributed by atoms with E-state index in [1.165, 1.54) is 23.5 Å². The van der Waals surface area contributed by atoms with Crippen LogP contribution in [0.5, 0.6) is 5.75 Å². The molecule has 3 rings (SSSR count). The Kier molecular flexibility index (Phi) is 8.61. The summed E-state index contributed by atoms with van der Waals surface area (Å²) in [6, 6.07) is 19.5. The number of carboxylic acid groups (broad SMARTS) is 2. The standard InChI is InChI=1S/C23H23NO5S2/c25-21(26)10-12-30-23(31-13-11-22(27)28)17-5-3-6-19(14-17)29-15-18-9-8-16-4-1-2-7-20(16)24-18/h1-9,14,23H,10-13,15H2,(H,25,26)(H,27,28). The SMILES string of the molecule is O=C(O)CCSC(SCCC(=O)O)c1cccc(OCc2ccc3ccccc3n2)c1. The first-order valence-corrected chi connectivity index (χ1v) is 11.9. The Hall–Kier alpha value is -2.71. The van der Waals surface area contributed by atoms with E-state index in [2.05, 4.69) is 4.98 Å². The molecule has 0 saturated heterocycles. The number of ether oxygens (including phenoxy) is 1. The van der Waals surface area contributed by atoms with Gasteiger partial charge in [-0.1, -0.05) is 36.4 Å². The van der Waals surface area contributed by atoms with E-state index in [1.54, 1.807) is 0 Å². The van der Waals surface area contributed by atoms with Crippen molar-refractivity contribution < 1.29 is 24.5 Å². The summed E-state index contributed by atoms with van der Waals surface area (Å²) in [5, 5.41) is 18.9. The van der Waals surface area contributed by atoms with Crippen LogP contribution in [0.15, 0.2) is 60.7 Å². The number of para-hydroxylation sites is 1. The van der Waals surface area contributed by atoms with Gasteiger partial charge in [0.1, 0.15) is 12.4 Å². The van der Waals surface area contributed by atoms with Gasteiger partial charge in [-0.2, -0.15) is 0 Å². The Balaban J connectivity index is 1.66. The molecule has 2 N–H and O–H groups in total. The van der Waals surface area contributed by atoms with Gasteiger partial charge in [-0.05, 0) is 29.8 Å². The molecular formula is C23H23NO5S2. The number of thioether (sulfide) groups is 2. The number of pyridine rings is 1. The van der Waals surface area contributed by atoms with Crippen LogP contribution in [0.1, 0.15) is 28.7 Å². The molecule has 31 heavy (non-hydrogen) atoms. The molecule has 8 heteroatoms. The molecule has 0 unspecified atom stereocenters. The van der Waals surface area contributed by atoms with Crippen LogP contribution < -0.4 is 4.74 Å². The number of aromatic nitrogens is 1. The Morgan fingerprint density at radius 1 is 0.903 bits per heavy atom. The summed E-state index contributed by atoms with van der Waals surface area (Å²) in [7, 11) is 0. The molecule has 0 aliphatic rings. The average Bonchev–Trinajstić information content (AvgIpc) is 2.76. The maximum Gasteiger partial charge on any atom is 0.304 e. The van der Waals surface area contributed by atoms with E-state index in [9.17, 15) is 9.59 Å². The molecule has 0 spiro atoms. The number of carboxylic acids is 2. The number of hydrogen-bond donors (Lipinski definition) is 2. The quantitative estimate of drug-likeness (QED) is 0.357. The van der Waals surface area contributed by atoms with Gasteiger partial charge in [0.05, 0.1) is 28.6 Å². The fourth-order valence-corrected chi connectivity index (χ4v) is 5.50. The number of carbonyl (C=O) groups is 2. The van der Waals surface area contributed by atoms with E-state index in [-0.39, 0.29) is 17.4 Å². The maximum atomic E-state index is 10.9. The second-order valence-corrected chi connectivity index (χ2v) is 9.44. The molecule has 2 aromatic carbocycles. The number of hydrogen-bond acceptors (Lipinski definition) is 6. The molecule has 0 amide bonds. The van der Waals surface area contributed by atoms with Crippen molar-refractivity contribution in [3.05, 3.63) is 71.9 Å². The van der Waals surface area contributed by atoms with Crippen LogP contribution in [-0.4, -0.2) is 38.6 Å². The fourth-order valence-electron chi connectivity index (χ4n) is 2.84. The summed E-state index contributed by atoms with van der Waals surface area (Å²) in [6.45, 7) is 0.331.